The first-order valence-corrected chi connectivity index (χ1v) is 8.44. The number of nitrogens with zero attached hydrogens (tertiary/aromatic N) is 1. The fourth-order valence-electron chi connectivity index (χ4n) is 4.17. The van der Waals surface area contributed by atoms with E-state index in [1.807, 2.05) is 0 Å². The van der Waals surface area contributed by atoms with Gasteiger partial charge in [0.05, 0.1) is 6.61 Å². The zero-order valence-corrected chi connectivity index (χ0v) is 13.0. The highest BCUT2D eigenvalue weighted by Crippen LogP contribution is 2.41. The maximum absolute atomic E-state index is 5.80. The third-order valence-corrected chi connectivity index (χ3v) is 5.55. The summed E-state index contributed by atoms with van der Waals surface area (Å²) in [7, 11) is 0. The van der Waals surface area contributed by atoms with Crippen molar-refractivity contribution in [2.45, 2.75) is 37.6 Å². The van der Waals surface area contributed by atoms with Crippen LogP contribution >= 0.6 is 0 Å². The number of nitrogens with one attached hydrogen (secondary N) is 1. The van der Waals surface area contributed by atoms with Crippen LogP contribution in [0, 0.1) is 5.92 Å². The molecule has 2 heterocycles. The topological polar surface area (TPSA) is 24.5 Å². The summed E-state index contributed by atoms with van der Waals surface area (Å²) in [5, 5.41) is 3.78. The molecule has 1 N–H and O–H groups in total. The highest BCUT2D eigenvalue weighted by Gasteiger charge is 2.44. The minimum Gasteiger partial charge on any atom is -0.493 e. The van der Waals surface area contributed by atoms with Gasteiger partial charge in [-0.1, -0.05) is 18.2 Å². The van der Waals surface area contributed by atoms with E-state index in [1.165, 1.54) is 38.0 Å². The van der Waals surface area contributed by atoms with Crippen molar-refractivity contribution in [3.63, 3.8) is 0 Å². The zero-order chi connectivity index (χ0) is 14.3. The van der Waals surface area contributed by atoms with Crippen molar-refractivity contribution >= 4 is 0 Å². The van der Waals surface area contributed by atoms with Gasteiger partial charge in [0.1, 0.15) is 5.75 Å². The lowest BCUT2D eigenvalue weighted by Gasteiger charge is -2.43. The van der Waals surface area contributed by atoms with Gasteiger partial charge in [0.25, 0.3) is 0 Å². The predicted octanol–water partition coefficient (Wildman–Crippen LogP) is 2.63. The Morgan fingerprint density at radius 1 is 1.29 bits per heavy atom. The summed E-state index contributed by atoms with van der Waals surface area (Å²) in [4.78, 5) is 2.68. The smallest absolute Gasteiger partial charge is 0.122 e. The third kappa shape index (κ3) is 2.69. The Morgan fingerprint density at radius 3 is 3.00 bits per heavy atom. The lowest BCUT2D eigenvalue weighted by molar-refractivity contribution is 0.114. The van der Waals surface area contributed by atoms with Gasteiger partial charge in [-0.3, -0.25) is 4.90 Å². The van der Waals surface area contributed by atoms with Gasteiger partial charge >= 0.3 is 0 Å². The number of hydrogen-bond donors (Lipinski definition) is 1. The maximum Gasteiger partial charge on any atom is 0.122 e. The average molecular weight is 286 g/mol. The van der Waals surface area contributed by atoms with Crippen molar-refractivity contribution in [3.8, 4) is 5.75 Å². The summed E-state index contributed by atoms with van der Waals surface area (Å²) in [6.07, 6.45) is 3.98. The second-order valence-corrected chi connectivity index (χ2v) is 7.23. The summed E-state index contributed by atoms with van der Waals surface area (Å²) >= 11 is 0. The molecule has 1 saturated carbocycles. The number of para-hydroxylation sites is 1. The fourth-order valence-corrected chi connectivity index (χ4v) is 4.17. The highest BCUT2D eigenvalue weighted by molar-refractivity contribution is 5.38. The van der Waals surface area contributed by atoms with E-state index in [-0.39, 0.29) is 0 Å². The van der Waals surface area contributed by atoms with Gasteiger partial charge in [-0.2, -0.15) is 0 Å². The number of fused-ring (bicyclic) bond motifs is 1. The van der Waals surface area contributed by atoms with E-state index in [1.54, 1.807) is 0 Å². The number of rotatable bonds is 3. The van der Waals surface area contributed by atoms with Crippen molar-refractivity contribution in [2.24, 2.45) is 5.92 Å². The molecule has 2 atom stereocenters. The number of ether oxygens (including phenoxy) is 1. The van der Waals surface area contributed by atoms with E-state index in [0.29, 0.717) is 11.5 Å². The summed E-state index contributed by atoms with van der Waals surface area (Å²) in [6.45, 7) is 8.00. The van der Waals surface area contributed by atoms with Crippen LogP contribution in [0.15, 0.2) is 24.3 Å². The molecule has 1 saturated heterocycles. The predicted molar refractivity (Wildman–Crippen MR) is 84.9 cm³/mol. The van der Waals surface area contributed by atoms with Gasteiger partial charge in [-0.15, -0.1) is 0 Å². The van der Waals surface area contributed by atoms with Crippen LogP contribution in [-0.4, -0.2) is 43.2 Å². The summed E-state index contributed by atoms with van der Waals surface area (Å²) in [6, 6.07) is 8.60. The first kappa shape index (κ1) is 13.6. The third-order valence-electron chi connectivity index (χ3n) is 5.55. The van der Waals surface area contributed by atoms with Crippen LogP contribution in [0.2, 0.25) is 0 Å². The molecule has 21 heavy (non-hydrogen) atoms. The number of hydrogen-bond acceptors (Lipinski definition) is 3. The molecule has 0 radical (unpaired) electrons. The quantitative estimate of drug-likeness (QED) is 0.924. The fraction of sp³-hybridized carbons (Fsp3) is 0.667. The molecule has 2 unspecified atom stereocenters. The minimum absolute atomic E-state index is 0.350. The standard InChI is InChI=1S/C18H26N2O/c1-18(15-6-7-15)13-20(10-9-19-18)12-14-8-11-21-17-5-3-2-4-16(14)17/h2-5,14-15,19H,6-13H2,1H3. The molecular weight excluding hydrogens is 260 g/mol. The number of benzene rings is 1. The minimum atomic E-state index is 0.350. The van der Waals surface area contributed by atoms with Gasteiger partial charge in [-0.05, 0) is 43.7 Å². The highest BCUT2D eigenvalue weighted by atomic mass is 16.5. The summed E-state index contributed by atoms with van der Waals surface area (Å²) in [5.74, 6) is 2.65. The summed E-state index contributed by atoms with van der Waals surface area (Å²) < 4.78 is 5.80. The van der Waals surface area contributed by atoms with Crippen LogP contribution < -0.4 is 10.1 Å². The van der Waals surface area contributed by atoms with Crippen molar-refractivity contribution in [1.82, 2.24) is 10.2 Å². The Hall–Kier alpha value is -1.06. The lowest BCUT2D eigenvalue weighted by Crippen LogP contribution is -2.60. The van der Waals surface area contributed by atoms with Gasteiger partial charge in [0.2, 0.25) is 0 Å². The van der Waals surface area contributed by atoms with E-state index >= 15 is 0 Å². The van der Waals surface area contributed by atoms with Gasteiger partial charge in [0, 0.05) is 37.6 Å². The Labute approximate surface area is 127 Å². The Kier molecular flexibility index (Phi) is 3.43. The second kappa shape index (κ2) is 5.29. The van der Waals surface area contributed by atoms with Crippen LogP contribution in [0.25, 0.3) is 0 Å². The SMILES string of the molecule is CC1(C2CC2)CN(CC2CCOc3ccccc32)CCN1. The maximum atomic E-state index is 5.80. The van der Waals surface area contributed by atoms with Gasteiger partial charge in [0.15, 0.2) is 0 Å². The molecule has 0 spiro atoms. The van der Waals surface area contributed by atoms with Crippen LogP contribution in [0.3, 0.4) is 0 Å². The van der Waals surface area contributed by atoms with Crippen LogP contribution in [-0.2, 0) is 0 Å². The van der Waals surface area contributed by atoms with Crippen LogP contribution in [0.4, 0.5) is 0 Å². The van der Waals surface area contributed by atoms with E-state index in [2.05, 4.69) is 41.4 Å². The Balaban J connectivity index is 1.46. The molecule has 114 valence electrons. The van der Waals surface area contributed by atoms with E-state index in [9.17, 15) is 0 Å². The molecule has 2 aliphatic heterocycles. The molecule has 0 aromatic heterocycles. The first-order valence-electron chi connectivity index (χ1n) is 8.44. The molecule has 3 aliphatic rings. The molecule has 0 bridgehead atoms. The molecule has 3 nitrogen and oxygen atoms in total. The molecule has 1 aromatic carbocycles. The van der Waals surface area contributed by atoms with Crippen molar-refractivity contribution in [1.29, 1.82) is 0 Å². The largest absolute Gasteiger partial charge is 0.493 e. The Morgan fingerprint density at radius 2 is 2.14 bits per heavy atom. The van der Waals surface area contributed by atoms with E-state index < -0.39 is 0 Å². The first-order chi connectivity index (χ1) is 10.2. The van der Waals surface area contributed by atoms with Gasteiger partial charge in [-0.25, -0.2) is 0 Å². The molecule has 1 aliphatic carbocycles. The second-order valence-electron chi connectivity index (χ2n) is 7.23. The van der Waals surface area contributed by atoms with Crippen molar-refractivity contribution in [2.75, 3.05) is 32.8 Å². The monoisotopic (exact) mass is 286 g/mol. The average Bonchev–Trinajstić information content (AvgIpc) is 3.33. The zero-order valence-electron chi connectivity index (χ0n) is 13.0. The van der Waals surface area contributed by atoms with Crippen molar-refractivity contribution in [3.05, 3.63) is 29.8 Å². The van der Waals surface area contributed by atoms with E-state index in [0.717, 1.165) is 31.2 Å². The molecule has 3 heteroatoms. The molecule has 0 amide bonds. The lowest BCUT2D eigenvalue weighted by atomic mass is 9.89. The Bertz CT molecular complexity index is 514. The molecule has 1 aromatic rings. The van der Waals surface area contributed by atoms with Crippen LogP contribution in [0.1, 0.15) is 37.7 Å². The van der Waals surface area contributed by atoms with E-state index in [4.69, 9.17) is 4.74 Å². The summed E-state index contributed by atoms with van der Waals surface area (Å²) in [5.41, 5.74) is 1.76. The van der Waals surface area contributed by atoms with Crippen molar-refractivity contribution < 1.29 is 4.74 Å². The van der Waals surface area contributed by atoms with Gasteiger partial charge < -0.3 is 10.1 Å². The molecule has 2 fully saturated rings. The number of piperazine rings is 1. The molecular formula is C18H26N2O. The molecule has 4 rings (SSSR count). The normalized spacial score (nSPS) is 33.3. The van der Waals surface area contributed by atoms with Crippen LogP contribution in [0.5, 0.6) is 5.75 Å².